The van der Waals surface area contributed by atoms with Crippen LogP contribution in [-0.2, 0) is 0 Å². The monoisotopic (exact) mass is 635 g/mol. The van der Waals surface area contributed by atoms with Gasteiger partial charge in [-0.1, -0.05) is 103 Å². The van der Waals surface area contributed by atoms with Crippen molar-refractivity contribution < 1.29 is 0 Å². The minimum atomic E-state index is 0.469. The molecule has 0 fully saturated rings. The lowest BCUT2D eigenvalue weighted by Gasteiger charge is -2.20. The second-order valence-electron chi connectivity index (χ2n) is 12.2. The molecule has 0 aliphatic carbocycles. The Hall–Kier alpha value is -7.39. The van der Waals surface area contributed by atoms with Gasteiger partial charge >= 0.3 is 0 Å². The topological polar surface area (TPSA) is 61.8 Å². The Kier molecular flexibility index (Phi) is 6.56. The van der Waals surface area contributed by atoms with E-state index in [1.54, 1.807) is 12.1 Å². The number of aromatic nitrogens is 2. The Bertz CT molecular complexity index is 2920. The maximum atomic E-state index is 10.6. The second-order valence-corrected chi connectivity index (χ2v) is 12.2. The third-order valence-electron chi connectivity index (χ3n) is 9.61. The van der Waals surface area contributed by atoms with Crippen molar-refractivity contribution >= 4 is 49.3 Å². The summed E-state index contributed by atoms with van der Waals surface area (Å²) < 4.78 is 4.39. The van der Waals surface area contributed by atoms with Gasteiger partial charge in [-0.25, -0.2) is 4.85 Å². The molecule has 0 aliphatic rings. The molecule has 0 saturated heterocycles. The Morgan fingerprint density at radius 1 is 0.500 bits per heavy atom. The van der Waals surface area contributed by atoms with Crippen LogP contribution >= 0.6 is 0 Å². The first kappa shape index (κ1) is 28.8. The Morgan fingerprint density at radius 3 is 1.76 bits per heavy atom. The minimum absolute atomic E-state index is 0.469. The quantitative estimate of drug-likeness (QED) is 0.181. The number of hydrogen-bond donors (Lipinski definition) is 0. The van der Waals surface area contributed by atoms with E-state index in [-0.39, 0.29) is 0 Å². The van der Waals surface area contributed by atoms with Crippen molar-refractivity contribution in [1.29, 1.82) is 10.5 Å². The molecule has 0 amide bonds. The molecule has 0 bridgehead atoms. The van der Waals surface area contributed by atoms with Crippen LogP contribution < -0.4 is 0 Å². The maximum absolute atomic E-state index is 10.6. The van der Waals surface area contributed by atoms with E-state index < -0.39 is 0 Å². The number of benzene rings is 7. The van der Waals surface area contributed by atoms with E-state index in [0.29, 0.717) is 22.5 Å². The average molecular weight is 636 g/mol. The van der Waals surface area contributed by atoms with Crippen molar-refractivity contribution in [2.45, 2.75) is 0 Å². The highest BCUT2D eigenvalue weighted by molar-refractivity contribution is 6.12. The molecule has 0 radical (unpaired) electrons. The molecule has 2 heterocycles. The molecule has 9 rings (SSSR count). The summed E-state index contributed by atoms with van der Waals surface area (Å²) in [4.78, 5) is 4.02. The summed E-state index contributed by atoms with van der Waals surface area (Å²) in [7, 11) is 0. The number of para-hydroxylation sites is 3. The van der Waals surface area contributed by atoms with Crippen molar-refractivity contribution in [1.82, 2.24) is 9.13 Å². The first-order valence-corrected chi connectivity index (χ1v) is 16.3. The first-order chi connectivity index (χ1) is 24.7. The standard InChI is InChI=1S/C45H25N5/c1-48-39-23-22-31(28-47)44(45(39)50-41-19-8-4-14-34(41)35-15-5-9-20-42(35)50)37-17-3-2-13-33(37)30-11-10-12-32(26-30)49-40-18-7-6-16-36(40)38-25-29(27-46)21-24-43(38)49/h2-26H. The average Bonchev–Trinajstić information content (AvgIpc) is 3.70. The van der Waals surface area contributed by atoms with Gasteiger partial charge in [0.05, 0.1) is 57.6 Å². The van der Waals surface area contributed by atoms with E-state index in [9.17, 15) is 10.5 Å². The third kappa shape index (κ3) is 4.24. The smallest absolute Gasteiger partial charge is 0.211 e. The zero-order valence-electron chi connectivity index (χ0n) is 26.7. The molecular weight excluding hydrogens is 611 g/mol. The summed E-state index contributed by atoms with van der Waals surface area (Å²) >= 11 is 0. The van der Waals surface area contributed by atoms with Gasteiger partial charge < -0.3 is 9.13 Å². The van der Waals surface area contributed by atoms with Crippen LogP contribution in [0.5, 0.6) is 0 Å². The molecule has 5 nitrogen and oxygen atoms in total. The van der Waals surface area contributed by atoms with E-state index in [2.05, 4.69) is 92.8 Å². The third-order valence-corrected chi connectivity index (χ3v) is 9.61. The highest BCUT2D eigenvalue weighted by Crippen LogP contribution is 2.45. The molecule has 0 N–H and O–H groups in total. The number of fused-ring (bicyclic) bond motifs is 6. The Labute approximate surface area is 288 Å². The minimum Gasteiger partial charge on any atom is -0.318 e. The van der Waals surface area contributed by atoms with Crippen molar-refractivity contribution in [2.24, 2.45) is 0 Å². The van der Waals surface area contributed by atoms with Crippen molar-refractivity contribution in [3.8, 4) is 45.8 Å². The highest BCUT2D eigenvalue weighted by atomic mass is 15.0. The zero-order chi connectivity index (χ0) is 33.8. The van der Waals surface area contributed by atoms with Gasteiger partial charge in [0.25, 0.3) is 0 Å². The van der Waals surface area contributed by atoms with E-state index in [4.69, 9.17) is 6.57 Å². The molecule has 0 unspecified atom stereocenters. The number of hydrogen-bond acceptors (Lipinski definition) is 2. The first-order valence-electron chi connectivity index (χ1n) is 16.3. The van der Waals surface area contributed by atoms with Crippen LogP contribution in [0.25, 0.3) is 82.1 Å². The van der Waals surface area contributed by atoms with Crippen LogP contribution in [0.1, 0.15) is 11.1 Å². The predicted octanol–water partition coefficient (Wildman–Crippen LogP) is 11.5. The van der Waals surface area contributed by atoms with Crippen LogP contribution in [0, 0.1) is 29.2 Å². The number of nitrogens with zero attached hydrogens (tertiary/aromatic N) is 5. The van der Waals surface area contributed by atoms with Gasteiger partial charge in [-0.05, 0) is 65.2 Å². The van der Waals surface area contributed by atoms with Crippen LogP contribution in [0.15, 0.2) is 152 Å². The van der Waals surface area contributed by atoms with Crippen LogP contribution in [0.4, 0.5) is 5.69 Å². The summed E-state index contributed by atoms with van der Waals surface area (Å²) in [5.41, 5.74) is 10.8. The molecule has 230 valence electrons. The second kappa shape index (κ2) is 11.4. The molecular formula is C45H25N5. The van der Waals surface area contributed by atoms with Gasteiger partial charge in [0, 0.05) is 32.8 Å². The lowest BCUT2D eigenvalue weighted by atomic mass is 9.90. The number of rotatable bonds is 4. The highest BCUT2D eigenvalue weighted by Gasteiger charge is 2.23. The largest absolute Gasteiger partial charge is 0.318 e. The molecule has 2 aromatic heterocycles. The predicted molar refractivity (Wildman–Crippen MR) is 202 cm³/mol. The Balaban J connectivity index is 1.32. The van der Waals surface area contributed by atoms with Crippen LogP contribution in [0.2, 0.25) is 0 Å². The normalized spacial score (nSPS) is 11.1. The summed E-state index contributed by atoms with van der Waals surface area (Å²) in [6.45, 7) is 8.28. The van der Waals surface area contributed by atoms with Gasteiger partial charge in [-0.2, -0.15) is 10.5 Å². The van der Waals surface area contributed by atoms with E-state index in [1.807, 2.05) is 72.8 Å². The SMILES string of the molecule is [C-]#[N+]c1ccc(C#N)c(-c2ccccc2-c2cccc(-n3c4ccccc4c4cc(C#N)ccc43)c2)c1-n1c2ccccc2c2ccccc21. The number of nitriles is 2. The van der Waals surface area contributed by atoms with Gasteiger partial charge in [0.2, 0.25) is 5.69 Å². The fraction of sp³-hybridized carbons (Fsp3) is 0. The van der Waals surface area contributed by atoms with Gasteiger partial charge in [-0.15, -0.1) is 0 Å². The lowest BCUT2D eigenvalue weighted by Crippen LogP contribution is -2.01. The molecule has 7 aromatic carbocycles. The molecule has 9 aromatic rings. The van der Waals surface area contributed by atoms with Crippen LogP contribution in [-0.4, -0.2) is 9.13 Å². The summed E-state index contributed by atoms with van der Waals surface area (Å²) in [5, 5.41) is 24.5. The van der Waals surface area contributed by atoms with Crippen molar-refractivity contribution in [3.05, 3.63) is 174 Å². The fourth-order valence-electron chi connectivity index (χ4n) is 7.51. The molecule has 50 heavy (non-hydrogen) atoms. The lowest BCUT2D eigenvalue weighted by molar-refractivity contribution is 1.18. The van der Waals surface area contributed by atoms with Gasteiger partial charge in [0.1, 0.15) is 0 Å². The summed E-state index contributed by atoms with van der Waals surface area (Å²) in [6.07, 6.45) is 0. The zero-order valence-corrected chi connectivity index (χ0v) is 26.7. The Morgan fingerprint density at radius 2 is 1.10 bits per heavy atom. The molecule has 0 atom stereocenters. The fourth-order valence-corrected chi connectivity index (χ4v) is 7.51. The summed E-state index contributed by atoms with van der Waals surface area (Å²) in [5.74, 6) is 0. The van der Waals surface area contributed by atoms with E-state index >= 15 is 0 Å². The molecule has 0 aliphatic heterocycles. The van der Waals surface area contributed by atoms with Crippen molar-refractivity contribution in [2.75, 3.05) is 0 Å². The van der Waals surface area contributed by atoms with Crippen LogP contribution in [0.3, 0.4) is 0 Å². The summed E-state index contributed by atoms with van der Waals surface area (Å²) in [6, 6.07) is 55.4. The molecule has 0 spiro atoms. The van der Waals surface area contributed by atoms with E-state index in [1.165, 1.54) is 0 Å². The van der Waals surface area contributed by atoms with Crippen molar-refractivity contribution in [3.63, 3.8) is 0 Å². The maximum Gasteiger partial charge on any atom is 0.211 e. The van der Waals surface area contributed by atoms with Gasteiger partial charge in [-0.3, -0.25) is 0 Å². The van der Waals surface area contributed by atoms with E-state index in [0.717, 1.165) is 71.6 Å². The van der Waals surface area contributed by atoms with Gasteiger partial charge in [0.15, 0.2) is 0 Å². The molecule has 5 heteroatoms. The molecule has 0 saturated carbocycles.